The van der Waals surface area contributed by atoms with E-state index >= 15 is 0 Å². The van der Waals surface area contributed by atoms with Crippen molar-refractivity contribution in [3.05, 3.63) is 143 Å². The third-order valence-corrected chi connectivity index (χ3v) is 8.21. The molecule has 55 heavy (non-hydrogen) atoms. The van der Waals surface area contributed by atoms with Gasteiger partial charge in [-0.25, -0.2) is 4.98 Å². The molecule has 0 saturated heterocycles. The molecule has 3 heterocycles. The van der Waals surface area contributed by atoms with E-state index in [1.807, 2.05) is 73.3 Å². The highest BCUT2D eigenvalue weighted by atomic mass is 35.5. The summed E-state index contributed by atoms with van der Waals surface area (Å²) in [4.78, 5) is 16.4. The lowest BCUT2D eigenvalue weighted by molar-refractivity contribution is 0.276. The van der Waals surface area contributed by atoms with Gasteiger partial charge in [0.05, 0.1) is 57.9 Å². The number of anilines is 4. The second-order valence-corrected chi connectivity index (χ2v) is 12.5. The van der Waals surface area contributed by atoms with E-state index < -0.39 is 0 Å². The number of aliphatic hydroxyl groups is 2. The van der Waals surface area contributed by atoms with E-state index in [1.165, 1.54) is 0 Å². The first-order valence-corrected chi connectivity index (χ1v) is 17.7. The van der Waals surface area contributed by atoms with Crippen molar-refractivity contribution in [3.63, 3.8) is 0 Å². The first-order chi connectivity index (χ1) is 26.7. The molecule has 7 rings (SSSR count). The maximum atomic E-state index is 9.19. The third-order valence-electron chi connectivity index (χ3n) is 7.62. The summed E-state index contributed by atoms with van der Waals surface area (Å²) in [6.45, 7) is -0.242. The summed E-state index contributed by atoms with van der Waals surface area (Å²) in [6, 6.07) is 32.5. The summed E-state index contributed by atoms with van der Waals surface area (Å²) in [7, 11) is 3.76. The zero-order valence-electron chi connectivity index (χ0n) is 29.6. The number of aliphatic hydroxyl groups excluding tert-OH is 2. The van der Waals surface area contributed by atoms with E-state index in [0.717, 1.165) is 34.0 Å². The second kappa shape index (κ2) is 19.9. The van der Waals surface area contributed by atoms with Gasteiger partial charge in [-0.2, -0.15) is 4.99 Å². The van der Waals surface area contributed by atoms with Gasteiger partial charge in [-0.05, 0) is 97.1 Å². The fourth-order valence-corrected chi connectivity index (χ4v) is 5.26. The molecule has 3 aromatic heterocycles. The number of halogens is 2. The van der Waals surface area contributed by atoms with Crippen molar-refractivity contribution in [1.82, 2.24) is 19.5 Å². The standard InChI is InChI=1S/C20H17ClN4O2.C13H15N3O2.C7H4ClNS/c1-25-19-7-6-16(27-17-8-9-22-15(10-17)12-26)11-18(19)24-20(25)23-14-4-2-13(21)3-5-14;1-15-13-3-2-10(7-12(13)14)18-11-4-5-16-9(6-11)8-17;8-6-1-3-7(4-2-6)9-5-10/h2-11,26H,12H2,1H3,(H,23,24);2-7,15,17H,8,14H2,1H3;1-4H. The highest BCUT2D eigenvalue weighted by Crippen LogP contribution is 2.30. The topological polar surface area (TPSA) is 165 Å². The number of pyridine rings is 2. The number of nitrogens with two attached hydrogens (primary N) is 1. The highest BCUT2D eigenvalue weighted by molar-refractivity contribution is 7.78. The number of nitrogens with zero attached hydrogens (tertiary/aromatic N) is 5. The van der Waals surface area contributed by atoms with Crippen LogP contribution in [0.3, 0.4) is 0 Å². The molecular weight excluding hydrogens is 759 g/mol. The van der Waals surface area contributed by atoms with Crippen LogP contribution in [-0.2, 0) is 20.3 Å². The SMILES string of the molecule is CNc1ccc(Oc2ccnc(CO)c2)cc1N.Cn1c(Nc2ccc(Cl)cc2)nc2cc(Oc3ccnc(CO)c3)ccc21.S=C=Nc1ccc(Cl)cc1. The molecule has 0 aliphatic carbocycles. The Labute approximate surface area is 332 Å². The molecule has 12 nitrogen and oxygen atoms in total. The fraction of sp³-hybridized carbons (Fsp3) is 0.100. The molecule has 15 heteroatoms. The summed E-state index contributed by atoms with van der Waals surface area (Å²) in [5.74, 6) is 3.25. The van der Waals surface area contributed by atoms with Crippen molar-refractivity contribution in [2.45, 2.75) is 13.2 Å². The monoisotopic (exact) mass is 794 g/mol. The smallest absolute Gasteiger partial charge is 0.208 e. The van der Waals surface area contributed by atoms with Crippen LogP contribution in [0.15, 0.2) is 127 Å². The number of thiocarbonyl (C=S) groups is 1. The Morgan fingerprint density at radius 1 is 0.764 bits per heavy atom. The van der Waals surface area contributed by atoms with Gasteiger partial charge in [0.25, 0.3) is 0 Å². The van der Waals surface area contributed by atoms with Crippen molar-refractivity contribution in [2.75, 3.05) is 23.4 Å². The number of hydrogen-bond acceptors (Lipinski definition) is 12. The number of aryl methyl sites for hydroxylation is 1. The van der Waals surface area contributed by atoms with Crippen LogP contribution in [0.25, 0.3) is 11.0 Å². The maximum absolute atomic E-state index is 9.19. The predicted octanol–water partition coefficient (Wildman–Crippen LogP) is 9.71. The van der Waals surface area contributed by atoms with Crippen molar-refractivity contribution in [2.24, 2.45) is 12.0 Å². The Balaban J connectivity index is 0.000000178. The Morgan fingerprint density at radius 2 is 1.31 bits per heavy atom. The number of nitrogen functional groups attached to an aromatic ring is 1. The normalized spacial score (nSPS) is 10.2. The van der Waals surface area contributed by atoms with Crippen LogP contribution in [0.1, 0.15) is 11.4 Å². The van der Waals surface area contributed by atoms with Gasteiger partial charge < -0.3 is 40.6 Å². The van der Waals surface area contributed by atoms with E-state index in [0.29, 0.717) is 50.1 Å². The number of aliphatic imine (C=N–C) groups is 1. The average molecular weight is 796 g/mol. The van der Waals surface area contributed by atoms with Gasteiger partial charge in [-0.3, -0.25) is 9.97 Å². The van der Waals surface area contributed by atoms with Crippen LogP contribution in [0.4, 0.5) is 28.7 Å². The van der Waals surface area contributed by atoms with Gasteiger partial charge in [0.2, 0.25) is 5.95 Å². The molecule has 0 aliphatic heterocycles. The number of benzene rings is 4. The van der Waals surface area contributed by atoms with E-state index in [1.54, 1.807) is 67.0 Å². The van der Waals surface area contributed by atoms with Crippen LogP contribution in [0.5, 0.6) is 23.0 Å². The van der Waals surface area contributed by atoms with Gasteiger partial charge in [0.1, 0.15) is 23.0 Å². The van der Waals surface area contributed by atoms with Crippen molar-refractivity contribution in [1.29, 1.82) is 0 Å². The number of nitrogens with one attached hydrogen (secondary N) is 2. The molecule has 4 aromatic carbocycles. The molecule has 7 aromatic rings. The third kappa shape index (κ3) is 11.7. The molecule has 0 bridgehead atoms. The molecule has 0 spiro atoms. The minimum absolute atomic E-state index is 0.113. The second-order valence-electron chi connectivity index (χ2n) is 11.4. The van der Waals surface area contributed by atoms with Crippen LogP contribution in [0, 0.1) is 0 Å². The minimum Gasteiger partial charge on any atom is -0.457 e. The zero-order valence-corrected chi connectivity index (χ0v) is 32.0. The van der Waals surface area contributed by atoms with Gasteiger partial charge >= 0.3 is 0 Å². The molecule has 6 N–H and O–H groups in total. The average Bonchev–Trinajstić information content (AvgIpc) is 3.50. The van der Waals surface area contributed by atoms with Crippen LogP contribution in [0.2, 0.25) is 10.0 Å². The molecular formula is C40H36Cl2N8O4S. The molecule has 0 unspecified atom stereocenters. The van der Waals surface area contributed by atoms with E-state index in [4.69, 9.17) is 43.5 Å². The van der Waals surface area contributed by atoms with Gasteiger partial charge in [0, 0.05) is 66.5 Å². The van der Waals surface area contributed by atoms with Gasteiger partial charge in [-0.15, -0.1) is 0 Å². The number of rotatable bonds is 10. The number of hydrogen-bond donors (Lipinski definition) is 5. The molecule has 0 fully saturated rings. The first kappa shape index (κ1) is 40.1. The molecule has 280 valence electrons. The lowest BCUT2D eigenvalue weighted by Crippen LogP contribution is -1.98. The predicted molar refractivity (Wildman–Crippen MR) is 222 cm³/mol. The van der Waals surface area contributed by atoms with Crippen molar-refractivity contribution in [3.8, 4) is 23.0 Å². The number of isothiocyanates is 1. The molecule has 0 saturated carbocycles. The quantitative estimate of drug-likeness (QED) is 0.0509. The van der Waals surface area contributed by atoms with Crippen molar-refractivity contribution >= 4 is 80.3 Å². The highest BCUT2D eigenvalue weighted by Gasteiger charge is 2.10. The van der Waals surface area contributed by atoms with Crippen LogP contribution in [-0.4, -0.2) is 41.9 Å². The van der Waals surface area contributed by atoms with Gasteiger partial charge in [-0.1, -0.05) is 23.2 Å². The lowest BCUT2D eigenvalue weighted by atomic mass is 10.2. The number of aromatic nitrogens is 4. The zero-order chi connectivity index (χ0) is 39.2. The van der Waals surface area contributed by atoms with E-state index in [2.05, 4.69) is 48.0 Å². The number of ether oxygens (including phenoxy) is 2. The number of imidazole rings is 1. The fourth-order valence-electron chi connectivity index (χ4n) is 4.90. The molecule has 0 amide bonds. The Kier molecular flexibility index (Phi) is 14.5. The maximum Gasteiger partial charge on any atom is 0.208 e. The van der Waals surface area contributed by atoms with E-state index in [-0.39, 0.29) is 13.2 Å². The first-order valence-electron chi connectivity index (χ1n) is 16.5. The lowest BCUT2D eigenvalue weighted by Gasteiger charge is -2.09. The summed E-state index contributed by atoms with van der Waals surface area (Å²) < 4.78 is 13.5. The molecule has 0 aliphatic rings. The molecule has 0 radical (unpaired) electrons. The molecule has 0 atom stereocenters. The number of fused-ring (bicyclic) bond motifs is 1. The largest absolute Gasteiger partial charge is 0.457 e. The Morgan fingerprint density at radius 3 is 1.85 bits per heavy atom. The minimum atomic E-state index is -0.129. The Hall–Kier alpha value is -6.05. The van der Waals surface area contributed by atoms with Crippen molar-refractivity contribution < 1.29 is 19.7 Å². The Bertz CT molecular complexity index is 2390. The van der Waals surface area contributed by atoms with E-state index in [9.17, 15) is 5.11 Å². The van der Waals surface area contributed by atoms with Crippen LogP contribution < -0.4 is 25.8 Å². The van der Waals surface area contributed by atoms with Gasteiger partial charge in [0.15, 0.2) is 0 Å². The summed E-state index contributed by atoms with van der Waals surface area (Å²) in [6.07, 6.45) is 3.19. The summed E-state index contributed by atoms with van der Waals surface area (Å²) in [5, 5.41) is 28.1. The summed E-state index contributed by atoms with van der Waals surface area (Å²) in [5.41, 5.74) is 11.9. The van der Waals surface area contributed by atoms with Crippen LogP contribution >= 0.6 is 35.4 Å². The summed E-state index contributed by atoms with van der Waals surface area (Å²) >= 11 is 16.0.